The molecule has 0 atom stereocenters. The SMILES string of the molecule is CC.CC.CC.CC.CC.CCc1ccc(F)cc1.CCc1ccc([N+](=O)[O-])cc1.CCc1cccc([N+](=O)[O-])c1.CCc1ccccc1N.CCc1ccccc1[N+](=O)[O-]. The van der Waals surface area contributed by atoms with Crippen LogP contribution in [0.4, 0.5) is 27.1 Å². The molecule has 2 N–H and O–H groups in total. The molecule has 0 unspecified atom stereocenters. The van der Waals surface area contributed by atoms with Crippen molar-refractivity contribution in [1.82, 2.24) is 0 Å². The summed E-state index contributed by atoms with van der Waals surface area (Å²) in [6.07, 6.45) is 4.45. The van der Waals surface area contributed by atoms with Crippen LogP contribution in [0.3, 0.4) is 0 Å². The van der Waals surface area contributed by atoms with E-state index < -0.39 is 0 Å². The van der Waals surface area contributed by atoms with Crippen LogP contribution < -0.4 is 5.73 Å². The van der Waals surface area contributed by atoms with E-state index in [1.165, 1.54) is 47.5 Å². The molecule has 5 aromatic carbocycles. The maximum atomic E-state index is 12.2. The van der Waals surface area contributed by atoms with Crippen molar-refractivity contribution >= 4 is 22.7 Å². The number of hydrogen-bond donors (Lipinski definition) is 1. The summed E-state index contributed by atoms with van der Waals surface area (Å²) in [7, 11) is 0. The number of nitrogens with zero attached hydrogens (tertiary/aromatic N) is 3. The maximum absolute atomic E-state index is 12.2. The van der Waals surface area contributed by atoms with Crippen molar-refractivity contribution < 1.29 is 19.2 Å². The zero-order chi connectivity index (χ0) is 48.2. The van der Waals surface area contributed by atoms with E-state index in [2.05, 4.69) is 13.0 Å². The lowest BCUT2D eigenvalue weighted by molar-refractivity contribution is -0.385. The number of benzene rings is 5. The third kappa shape index (κ3) is 31.6. The average Bonchev–Trinajstić information content (AvgIpc) is 3.33. The summed E-state index contributed by atoms with van der Waals surface area (Å²) in [5, 5.41) is 30.9. The molecule has 0 radical (unpaired) electrons. The minimum absolute atomic E-state index is 0.155. The highest BCUT2D eigenvalue weighted by Gasteiger charge is 2.09. The fraction of sp³-hybridized carbons (Fsp3) is 0.400. The topological polar surface area (TPSA) is 155 Å². The van der Waals surface area contributed by atoms with Gasteiger partial charge in [0, 0.05) is 41.6 Å². The average molecular weight is 849 g/mol. The van der Waals surface area contributed by atoms with Gasteiger partial charge in [0.15, 0.2) is 0 Å². The van der Waals surface area contributed by atoms with Gasteiger partial charge < -0.3 is 5.73 Å². The van der Waals surface area contributed by atoms with Crippen molar-refractivity contribution in [3.8, 4) is 0 Å². The van der Waals surface area contributed by atoms with Crippen LogP contribution in [0.25, 0.3) is 0 Å². The van der Waals surface area contributed by atoms with Crippen LogP contribution in [0, 0.1) is 36.2 Å². The number of hydrogen-bond acceptors (Lipinski definition) is 7. The number of nitro groups is 3. The molecule has 5 aromatic rings. The predicted molar refractivity (Wildman–Crippen MR) is 260 cm³/mol. The molecule has 11 heteroatoms. The number of nitrogen functional groups attached to an aromatic ring is 1. The number of halogens is 1. The van der Waals surface area contributed by atoms with Gasteiger partial charge in [-0.2, -0.15) is 0 Å². The lowest BCUT2D eigenvalue weighted by Crippen LogP contribution is -1.92. The number of nitrogens with two attached hydrogens (primary N) is 1. The molecule has 61 heavy (non-hydrogen) atoms. The Balaban J connectivity index is -0.000000204. The third-order valence-corrected chi connectivity index (χ3v) is 7.41. The lowest BCUT2D eigenvalue weighted by atomic mass is 10.1. The normalized spacial score (nSPS) is 8.46. The van der Waals surface area contributed by atoms with E-state index in [9.17, 15) is 34.7 Å². The number of anilines is 1. The minimum Gasteiger partial charge on any atom is -0.399 e. The van der Waals surface area contributed by atoms with Crippen molar-refractivity contribution in [1.29, 1.82) is 0 Å². The molecular weight excluding hydrogens is 772 g/mol. The first-order chi connectivity index (χ1) is 29.4. The van der Waals surface area contributed by atoms with Gasteiger partial charge >= 0.3 is 0 Å². The van der Waals surface area contributed by atoms with Gasteiger partial charge in [0.2, 0.25) is 0 Å². The van der Waals surface area contributed by atoms with Gasteiger partial charge in [-0.05, 0) is 72.6 Å². The van der Waals surface area contributed by atoms with Crippen molar-refractivity contribution in [2.24, 2.45) is 0 Å². The first-order valence-electron chi connectivity index (χ1n) is 21.7. The zero-order valence-electron chi connectivity index (χ0n) is 39.8. The first-order valence-corrected chi connectivity index (χ1v) is 21.7. The van der Waals surface area contributed by atoms with Gasteiger partial charge in [0.1, 0.15) is 5.82 Å². The second-order valence-electron chi connectivity index (χ2n) is 10.8. The Kier molecular flexibility index (Phi) is 47.5. The molecule has 0 spiro atoms. The summed E-state index contributed by atoms with van der Waals surface area (Å²) in [5.74, 6) is -0.160. The van der Waals surface area contributed by atoms with E-state index in [0.29, 0.717) is 6.42 Å². The molecule has 0 aliphatic carbocycles. The number of para-hydroxylation sites is 2. The number of rotatable bonds is 8. The van der Waals surface area contributed by atoms with Crippen LogP contribution in [0.1, 0.15) is 132 Å². The summed E-state index contributed by atoms with van der Waals surface area (Å²) in [4.78, 5) is 29.8. The van der Waals surface area contributed by atoms with Crippen molar-refractivity contribution in [2.45, 2.75) is 136 Å². The summed E-state index contributed by atoms with van der Waals surface area (Å²) in [6, 6.07) is 34.6. The minimum atomic E-state index is -0.389. The molecule has 0 saturated carbocycles. The van der Waals surface area contributed by atoms with Crippen LogP contribution in [-0.4, -0.2) is 14.8 Å². The maximum Gasteiger partial charge on any atom is 0.272 e. The fourth-order valence-corrected chi connectivity index (χ4v) is 4.31. The van der Waals surface area contributed by atoms with Crippen LogP contribution in [-0.2, 0) is 32.1 Å². The van der Waals surface area contributed by atoms with E-state index >= 15 is 0 Å². The van der Waals surface area contributed by atoms with Gasteiger partial charge in [-0.3, -0.25) is 30.3 Å². The molecule has 0 aliphatic rings. The van der Waals surface area contributed by atoms with Gasteiger partial charge in [0.05, 0.1) is 14.8 Å². The highest BCUT2D eigenvalue weighted by atomic mass is 19.1. The monoisotopic (exact) mass is 849 g/mol. The van der Waals surface area contributed by atoms with Gasteiger partial charge in [-0.15, -0.1) is 0 Å². The molecule has 0 aliphatic heterocycles. The molecular formula is C50H77FN4O6. The largest absolute Gasteiger partial charge is 0.399 e. The molecule has 0 aromatic heterocycles. The zero-order valence-corrected chi connectivity index (χ0v) is 39.8. The van der Waals surface area contributed by atoms with Crippen LogP contribution in [0.5, 0.6) is 0 Å². The predicted octanol–water partition coefficient (Wildman–Crippen LogP) is 15.8. The molecule has 0 saturated heterocycles. The van der Waals surface area contributed by atoms with E-state index in [0.717, 1.165) is 48.1 Å². The van der Waals surface area contributed by atoms with Gasteiger partial charge in [0.25, 0.3) is 17.1 Å². The summed E-state index contributed by atoms with van der Waals surface area (Å²) in [5.41, 5.74) is 12.4. The second-order valence-corrected chi connectivity index (χ2v) is 10.8. The summed E-state index contributed by atoms with van der Waals surface area (Å²) in [6.45, 7) is 30.0. The standard InChI is InChI=1S/C8H9F.3C8H9NO2.C8H11N.5C2H6/c1-2-7-3-5-8(9)6-4-7;1-2-7-3-5-8(6-4-7)9(10)11;1-2-7-4-3-5-8(6-7)9(10)11;1-2-7-5-3-4-6-8(7)9(10)11;1-2-7-5-3-4-6-8(7)9;5*1-2/h3-6H,2H2,1H3;3*3-6H,2H2,1H3;3-6H,2,9H2,1H3;5*1-2H3. The quantitative estimate of drug-likeness (QED) is 0.0925. The van der Waals surface area contributed by atoms with Crippen molar-refractivity contribution in [3.63, 3.8) is 0 Å². The Hall–Kier alpha value is -5.97. The lowest BCUT2D eigenvalue weighted by Gasteiger charge is -1.98. The molecule has 0 heterocycles. The second kappa shape index (κ2) is 45.1. The van der Waals surface area contributed by atoms with Gasteiger partial charge in [-0.25, -0.2) is 4.39 Å². The number of non-ortho nitro benzene ring substituents is 2. The smallest absolute Gasteiger partial charge is 0.272 e. The van der Waals surface area contributed by atoms with E-state index in [4.69, 9.17) is 5.73 Å². The highest BCUT2D eigenvalue weighted by molar-refractivity contribution is 5.46. The van der Waals surface area contributed by atoms with Crippen LogP contribution in [0.2, 0.25) is 0 Å². The first kappa shape index (κ1) is 64.2. The van der Waals surface area contributed by atoms with E-state index in [-0.39, 0.29) is 37.6 Å². The van der Waals surface area contributed by atoms with Crippen LogP contribution >= 0.6 is 0 Å². The third-order valence-electron chi connectivity index (χ3n) is 7.41. The summed E-state index contributed by atoms with van der Waals surface area (Å²) < 4.78 is 12.2. The molecule has 5 rings (SSSR count). The van der Waals surface area contributed by atoms with Crippen LogP contribution in [0.15, 0.2) is 121 Å². The highest BCUT2D eigenvalue weighted by Crippen LogP contribution is 2.17. The Bertz CT molecular complexity index is 1780. The molecule has 10 nitrogen and oxygen atoms in total. The molecule has 340 valence electrons. The Morgan fingerprint density at radius 2 is 0.820 bits per heavy atom. The van der Waals surface area contributed by atoms with E-state index in [1.807, 2.05) is 127 Å². The van der Waals surface area contributed by atoms with Gasteiger partial charge in [-0.1, -0.05) is 177 Å². The summed E-state index contributed by atoms with van der Waals surface area (Å²) >= 11 is 0. The number of aryl methyl sites for hydroxylation is 5. The van der Waals surface area contributed by atoms with Crippen molar-refractivity contribution in [2.75, 3.05) is 5.73 Å². The number of nitro benzene ring substituents is 3. The Morgan fingerprint density at radius 1 is 0.426 bits per heavy atom. The Morgan fingerprint density at radius 3 is 1.16 bits per heavy atom. The molecule has 0 amide bonds. The van der Waals surface area contributed by atoms with E-state index in [1.54, 1.807) is 48.5 Å². The molecule has 0 fully saturated rings. The molecule has 0 bridgehead atoms. The Labute approximate surface area is 367 Å². The fourth-order valence-electron chi connectivity index (χ4n) is 4.31. The van der Waals surface area contributed by atoms with Crippen molar-refractivity contribution in [3.05, 3.63) is 185 Å².